The first kappa shape index (κ1) is 20.5. The van der Waals surface area contributed by atoms with Gasteiger partial charge in [0.05, 0.1) is 0 Å². The van der Waals surface area contributed by atoms with Crippen molar-refractivity contribution in [2.45, 2.75) is 78.2 Å². The largest absolute Gasteiger partial charge is 0.396 e. The molecule has 0 radical (unpaired) electrons. The second-order valence-electron chi connectivity index (χ2n) is 5.05. The topological polar surface area (TPSA) is 23.5 Å². The average molecular weight is 280 g/mol. The number of rotatable bonds is 12. The third-order valence-electron chi connectivity index (χ3n) is 3.43. The van der Waals surface area contributed by atoms with Gasteiger partial charge in [-0.1, -0.05) is 40.0 Å². The minimum atomic E-state index is 0. The number of unbranched alkanes of at least 4 members (excludes halogenated alkanes) is 2. The van der Waals surface area contributed by atoms with E-state index in [-0.39, 0.29) is 12.4 Å². The molecule has 0 saturated carbocycles. The van der Waals surface area contributed by atoms with Gasteiger partial charge in [-0.15, -0.1) is 12.4 Å². The summed E-state index contributed by atoms with van der Waals surface area (Å²) >= 11 is 0. The van der Waals surface area contributed by atoms with Crippen LogP contribution in [-0.2, 0) is 0 Å². The highest BCUT2D eigenvalue weighted by molar-refractivity contribution is 5.85. The van der Waals surface area contributed by atoms with Gasteiger partial charge in [0.25, 0.3) is 0 Å². The van der Waals surface area contributed by atoms with E-state index in [2.05, 4.69) is 25.7 Å². The molecule has 0 bridgehead atoms. The number of nitrogens with zero attached hydrogens (tertiary/aromatic N) is 1. The lowest BCUT2D eigenvalue weighted by atomic mass is 10.0. The van der Waals surface area contributed by atoms with Gasteiger partial charge in [-0.2, -0.15) is 0 Å². The summed E-state index contributed by atoms with van der Waals surface area (Å²) in [5.74, 6) is 0. The van der Waals surface area contributed by atoms with Crippen molar-refractivity contribution in [1.29, 1.82) is 0 Å². The molecule has 0 aliphatic carbocycles. The molecule has 0 rings (SSSR count). The molecule has 0 spiro atoms. The Morgan fingerprint density at radius 2 is 1.39 bits per heavy atom. The zero-order valence-electron chi connectivity index (χ0n) is 12.7. The van der Waals surface area contributed by atoms with Crippen LogP contribution in [0.1, 0.15) is 72.1 Å². The van der Waals surface area contributed by atoms with Gasteiger partial charge in [-0.25, -0.2) is 0 Å². The lowest BCUT2D eigenvalue weighted by Gasteiger charge is -2.31. The summed E-state index contributed by atoms with van der Waals surface area (Å²) in [6.45, 7) is 9.62. The molecule has 0 aromatic carbocycles. The highest BCUT2D eigenvalue weighted by Crippen LogP contribution is 2.15. The van der Waals surface area contributed by atoms with Crippen molar-refractivity contribution in [2.75, 3.05) is 19.7 Å². The van der Waals surface area contributed by atoms with Crippen molar-refractivity contribution in [2.24, 2.45) is 0 Å². The summed E-state index contributed by atoms with van der Waals surface area (Å²) < 4.78 is 0. The summed E-state index contributed by atoms with van der Waals surface area (Å²) in [5.41, 5.74) is 0. The Hall–Kier alpha value is 0.210. The van der Waals surface area contributed by atoms with Crippen LogP contribution >= 0.6 is 12.4 Å². The van der Waals surface area contributed by atoms with Crippen molar-refractivity contribution >= 4 is 12.4 Å². The molecule has 1 N–H and O–H groups in total. The summed E-state index contributed by atoms with van der Waals surface area (Å²) in [6, 6.07) is 0.699. The van der Waals surface area contributed by atoms with Gasteiger partial charge in [0.1, 0.15) is 0 Å². The molecule has 1 unspecified atom stereocenters. The number of aliphatic hydroxyl groups excluding tert-OH is 1. The van der Waals surface area contributed by atoms with Crippen LogP contribution in [0.3, 0.4) is 0 Å². The molecule has 0 fully saturated rings. The molecule has 3 heteroatoms. The molecule has 0 aliphatic rings. The summed E-state index contributed by atoms with van der Waals surface area (Å²) in [4.78, 5) is 2.67. The third-order valence-corrected chi connectivity index (χ3v) is 3.43. The summed E-state index contributed by atoms with van der Waals surface area (Å²) in [6.07, 6.45) is 9.84. The molecular weight excluding hydrogens is 246 g/mol. The van der Waals surface area contributed by atoms with E-state index in [1.807, 2.05) is 0 Å². The fraction of sp³-hybridized carbons (Fsp3) is 1.00. The van der Waals surface area contributed by atoms with Gasteiger partial charge < -0.3 is 10.0 Å². The molecule has 0 heterocycles. The Labute approximate surface area is 121 Å². The predicted molar refractivity (Wildman–Crippen MR) is 83.7 cm³/mol. The number of hydrogen-bond donors (Lipinski definition) is 1. The maximum Gasteiger partial charge on any atom is 0.0431 e. The number of halogens is 1. The highest BCUT2D eigenvalue weighted by Gasteiger charge is 2.16. The molecule has 112 valence electrons. The molecule has 2 nitrogen and oxygen atoms in total. The summed E-state index contributed by atoms with van der Waals surface area (Å²) in [7, 11) is 0. The van der Waals surface area contributed by atoms with Crippen molar-refractivity contribution in [3.63, 3.8) is 0 Å². The Kier molecular flexibility index (Phi) is 17.4. The van der Waals surface area contributed by atoms with Gasteiger partial charge in [0, 0.05) is 12.6 Å². The van der Waals surface area contributed by atoms with Crippen LogP contribution in [0.4, 0.5) is 0 Å². The molecule has 1 atom stereocenters. The van der Waals surface area contributed by atoms with Crippen molar-refractivity contribution < 1.29 is 5.11 Å². The lowest BCUT2D eigenvalue weighted by Crippen LogP contribution is -2.37. The van der Waals surface area contributed by atoms with Gasteiger partial charge in [0.15, 0.2) is 0 Å². The maximum atomic E-state index is 9.00. The Morgan fingerprint density at radius 3 is 1.78 bits per heavy atom. The van der Waals surface area contributed by atoms with E-state index in [0.29, 0.717) is 12.6 Å². The maximum absolute atomic E-state index is 9.00. The SMILES string of the molecule is CCCCN(CCCC)C(CCC)CCCO.Cl. The first-order valence-electron chi connectivity index (χ1n) is 7.64. The third kappa shape index (κ3) is 10.2. The lowest BCUT2D eigenvalue weighted by molar-refractivity contribution is 0.158. The molecule has 18 heavy (non-hydrogen) atoms. The zero-order chi connectivity index (χ0) is 12.9. The van der Waals surface area contributed by atoms with E-state index >= 15 is 0 Å². The fourth-order valence-corrected chi connectivity index (χ4v) is 2.37. The molecular formula is C15H34ClNO. The van der Waals surface area contributed by atoms with Gasteiger partial charge in [-0.05, 0) is 45.2 Å². The second-order valence-corrected chi connectivity index (χ2v) is 5.05. The Balaban J connectivity index is 0. The zero-order valence-corrected chi connectivity index (χ0v) is 13.5. The minimum Gasteiger partial charge on any atom is -0.396 e. The van der Waals surface area contributed by atoms with E-state index in [9.17, 15) is 0 Å². The molecule has 0 aromatic heterocycles. The van der Waals surface area contributed by atoms with Gasteiger partial charge in [-0.3, -0.25) is 0 Å². The molecule has 0 amide bonds. The van der Waals surface area contributed by atoms with E-state index in [4.69, 9.17) is 5.11 Å². The Bertz CT molecular complexity index is 147. The highest BCUT2D eigenvalue weighted by atomic mass is 35.5. The monoisotopic (exact) mass is 279 g/mol. The predicted octanol–water partition coefficient (Wildman–Crippen LogP) is 4.25. The van der Waals surface area contributed by atoms with Crippen LogP contribution in [0.2, 0.25) is 0 Å². The van der Waals surface area contributed by atoms with Crippen LogP contribution in [0.25, 0.3) is 0 Å². The van der Waals surface area contributed by atoms with Crippen LogP contribution < -0.4 is 0 Å². The van der Waals surface area contributed by atoms with E-state index < -0.39 is 0 Å². The fourth-order valence-electron chi connectivity index (χ4n) is 2.37. The van der Waals surface area contributed by atoms with Crippen molar-refractivity contribution in [1.82, 2.24) is 4.90 Å². The normalized spacial score (nSPS) is 12.5. The quantitative estimate of drug-likeness (QED) is 0.577. The van der Waals surface area contributed by atoms with E-state index in [0.717, 1.165) is 12.8 Å². The smallest absolute Gasteiger partial charge is 0.0431 e. The molecule has 0 saturated heterocycles. The van der Waals surface area contributed by atoms with Crippen molar-refractivity contribution in [3.05, 3.63) is 0 Å². The standard InChI is InChI=1S/C15H33NO.ClH/c1-4-7-12-16(13-8-5-2)15(10-6-3)11-9-14-17;/h15,17H,4-14H2,1-3H3;1H. The van der Waals surface area contributed by atoms with Gasteiger partial charge >= 0.3 is 0 Å². The average Bonchev–Trinajstić information content (AvgIpc) is 2.35. The summed E-state index contributed by atoms with van der Waals surface area (Å²) in [5, 5.41) is 9.00. The number of aliphatic hydroxyl groups is 1. The van der Waals surface area contributed by atoms with E-state index in [1.165, 1.54) is 51.6 Å². The molecule has 0 aromatic rings. The van der Waals surface area contributed by atoms with Crippen LogP contribution in [0.5, 0.6) is 0 Å². The molecule has 0 aliphatic heterocycles. The Morgan fingerprint density at radius 1 is 0.833 bits per heavy atom. The first-order valence-corrected chi connectivity index (χ1v) is 7.64. The first-order chi connectivity index (χ1) is 8.29. The number of hydrogen-bond acceptors (Lipinski definition) is 2. The van der Waals surface area contributed by atoms with Gasteiger partial charge in [0.2, 0.25) is 0 Å². The van der Waals surface area contributed by atoms with Crippen molar-refractivity contribution in [3.8, 4) is 0 Å². The van der Waals surface area contributed by atoms with Crippen LogP contribution in [0, 0.1) is 0 Å². The van der Waals surface area contributed by atoms with E-state index in [1.54, 1.807) is 0 Å². The minimum absolute atomic E-state index is 0. The van der Waals surface area contributed by atoms with Crippen LogP contribution in [0.15, 0.2) is 0 Å². The van der Waals surface area contributed by atoms with Crippen LogP contribution in [-0.4, -0.2) is 35.7 Å². The second kappa shape index (κ2) is 15.3.